The summed E-state index contributed by atoms with van der Waals surface area (Å²) in [4.78, 5) is 25.3. The van der Waals surface area contributed by atoms with Gasteiger partial charge in [-0.3, -0.25) is 9.59 Å². The molecule has 5 nitrogen and oxygen atoms in total. The van der Waals surface area contributed by atoms with E-state index in [1.807, 2.05) is 13.0 Å². The first-order chi connectivity index (χ1) is 9.11. The van der Waals surface area contributed by atoms with E-state index in [0.717, 1.165) is 5.56 Å². The van der Waals surface area contributed by atoms with Crippen molar-refractivity contribution < 1.29 is 14.3 Å². The lowest BCUT2D eigenvalue weighted by atomic mass is 10.1. The molecule has 2 amide bonds. The molecule has 0 unspecified atom stereocenters. The van der Waals surface area contributed by atoms with E-state index in [0.29, 0.717) is 37.4 Å². The van der Waals surface area contributed by atoms with Gasteiger partial charge >= 0.3 is 0 Å². The van der Waals surface area contributed by atoms with Gasteiger partial charge in [0.25, 0.3) is 5.91 Å². The van der Waals surface area contributed by atoms with Crippen molar-refractivity contribution in [1.29, 1.82) is 0 Å². The Balaban J connectivity index is 2.16. The molecule has 1 N–H and O–H groups in total. The number of carbonyl (C=O) groups excluding carboxylic acids is 2. The number of hydrogen-bond acceptors (Lipinski definition) is 3. The highest BCUT2D eigenvalue weighted by Gasteiger charge is 2.20. The third-order valence-corrected chi connectivity index (χ3v) is 3.25. The zero-order valence-electron chi connectivity index (χ0n) is 11.2. The summed E-state index contributed by atoms with van der Waals surface area (Å²) in [5, 5.41) is 2.75. The zero-order valence-corrected chi connectivity index (χ0v) is 11.2. The first-order valence-electron chi connectivity index (χ1n) is 6.32. The van der Waals surface area contributed by atoms with Gasteiger partial charge in [-0.25, -0.2) is 0 Å². The number of methoxy groups -OCH3 is 1. The Morgan fingerprint density at radius 1 is 1.37 bits per heavy atom. The maximum atomic E-state index is 12.4. The van der Waals surface area contributed by atoms with E-state index < -0.39 is 0 Å². The van der Waals surface area contributed by atoms with Crippen molar-refractivity contribution in [2.75, 3.05) is 26.7 Å². The Labute approximate surface area is 112 Å². The topological polar surface area (TPSA) is 58.6 Å². The van der Waals surface area contributed by atoms with Crippen molar-refractivity contribution in [3.8, 4) is 5.75 Å². The number of hydrogen-bond donors (Lipinski definition) is 1. The molecule has 0 spiro atoms. The smallest absolute Gasteiger partial charge is 0.254 e. The van der Waals surface area contributed by atoms with Crippen molar-refractivity contribution in [1.82, 2.24) is 10.2 Å². The van der Waals surface area contributed by atoms with Crippen LogP contribution in [0.5, 0.6) is 5.75 Å². The van der Waals surface area contributed by atoms with Crippen LogP contribution in [0.15, 0.2) is 18.2 Å². The van der Waals surface area contributed by atoms with E-state index in [4.69, 9.17) is 4.74 Å². The Morgan fingerprint density at radius 3 is 2.89 bits per heavy atom. The molecule has 5 heteroatoms. The van der Waals surface area contributed by atoms with E-state index in [2.05, 4.69) is 5.32 Å². The maximum Gasteiger partial charge on any atom is 0.254 e. The Hall–Kier alpha value is -2.04. The van der Waals surface area contributed by atoms with Gasteiger partial charge in [-0.15, -0.1) is 0 Å². The number of benzene rings is 1. The third kappa shape index (κ3) is 3.05. The minimum Gasteiger partial charge on any atom is -0.496 e. The van der Waals surface area contributed by atoms with Crippen LogP contribution in [0.4, 0.5) is 0 Å². The number of aryl methyl sites for hydroxylation is 1. The van der Waals surface area contributed by atoms with Crippen molar-refractivity contribution in [3.05, 3.63) is 29.3 Å². The molecular weight excluding hydrogens is 244 g/mol. The van der Waals surface area contributed by atoms with E-state index in [1.165, 1.54) is 0 Å². The van der Waals surface area contributed by atoms with Crippen molar-refractivity contribution in [2.24, 2.45) is 0 Å². The quantitative estimate of drug-likeness (QED) is 0.864. The van der Waals surface area contributed by atoms with E-state index >= 15 is 0 Å². The van der Waals surface area contributed by atoms with Crippen LogP contribution in [0.3, 0.4) is 0 Å². The van der Waals surface area contributed by atoms with Gasteiger partial charge in [-0.1, -0.05) is 6.07 Å². The summed E-state index contributed by atoms with van der Waals surface area (Å²) in [6.45, 7) is 3.44. The number of nitrogens with zero attached hydrogens (tertiary/aromatic N) is 1. The molecule has 1 heterocycles. The van der Waals surface area contributed by atoms with Crippen LogP contribution in [0.1, 0.15) is 22.3 Å². The van der Waals surface area contributed by atoms with Gasteiger partial charge in [-0.2, -0.15) is 0 Å². The van der Waals surface area contributed by atoms with E-state index in [1.54, 1.807) is 24.1 Å². The van der Waals surface area contributed by atoms with Gasteiger partial charge in [0, 0.05) is 31.6 Å². The van der Waals surface area contributed by atoms with Crippen molar-refractivity contribution in [2.45, 2.75) is 13.3 Å². The highest BCUT2D eigenvalue weighted by molar-refractivity contribution is 5.95. The summed E-state index contributed by atoms with van der Waals surface area (Å²) >= 11 is 0. The molecule has 0 saturated carbocycles. The molecule has 1 saturated heterocycles. The summed E-state index contributed by atoms with van der Waals surface area (Å²) in [6.07, 6.45) is 0.356. The second kappa shape index (κ2) is 5.73. The van der Waals surface area contributed by atoms with Gasteiger partial charge in [0.1, 0.15) is 5.75 Å². The first-order valence-corrected chi connectivity index (χ1v) is 6.32. The third-order valence-electron chi connectivity index (χ3n) is 3.25. The van der Waals surface area contributed by atoms with Crippen LogP contribution >= 0.6 is 0 Å². The van der Waals surface area contributed by atoms with Gasteiger partial charge < -0.3 is 15.0 Å². The van der Waals surface area contributed by atoms with Crippen molar-refractivity contribution in [3.63, 3.8) is 0 Å². The number of nitrogens with one attached hydrogen (secondary N) is 1. The second-order valence-electron chi connectivity index (χ2n) is 4.58. The summed E-state index contributed by atoms with van der Waals surface area (Å²) in [6, 6.07) is 5.41. The van der Waals surface area contributed by atoms with Crippen LogP contribution in [0.2, 0.25) is 0 Å². The van der Waals surface area contributed by atoms with Crippen LogP contribution < -0.4 is 10.1 Å². The van der Waals surface area contributed by atoms with Gasteiger partial charge in [0.05, 0.1) is 7.11 Å². The highest BCUT2D eigenvalue weighted by atomic mass is 16.5. The van der Waals surface area contributed by atoms with Crippen LogP contribution in [0.25, 0.3) is 0 Å². The molecule has 0 aliphatic carbocycles. The Kier molecular flexibility index (Phi) is 4.04. The van der Waals surface area contributed by atoms with E-state index in [9.17, 15) is 9.59 Å². The number of rotatable bonds is 2. The largest absolute Gasteiger partial charge is 0.496 e. The van der Waals surface area contributed by atoms with Crippen LogP contribution in [-0.4, -0.2) is 43.5 Å². The Bertz CT molecular complexity index is 499. The predicted octanol–water partition coefficient (Wildman–Crippen LogP) is 0.966. The lowest BCUT2D eigenvalue weighted by molar-refractivity contribution is -0.120. The molecule has 1 aliphatic rings. The second-order valence-corrected chi connectivity index (χ2v) is 4.58. The summed E-state index contributed by atoms with van der Waals surface area (Å²) in [5.74, 6) is 0.640. The summed E-state index contributed by atoms with van der Waals surface area (Å²) < 4.78 is 5.23. The molecule has 1 fully saturated rings. The van der Waals surface area contributed by atoms with Crippen LogP contribution in [-0.2, 0) is 4.79 Å². The molecule has 1 aromatic carbocycles. The van der Waals surface area contributed by atoms with Gasteiger partial charge in [0.2, 0.25) is 5.91 Å². The number of carbonyl (C=O) groups is 2. The molecule has 0 radical (unpaired) electrons. The van der Waals surface area contributed by atoms with Crippen molar-refractivity contribution >= 4 is 11.8 Å². The van der Waals surface area contributed by atoms with Gasteiger partial charge in [0.15, 0.2) is 0 Å². The fraction of sp³-hybridized carbons (Fsp3) is 0.429. The molecule has 1 aromatic rings. The van der Waals surface area contributed by atoms with E-state index in [-0.39, 0.29) is 11.8 Å². The lowest BCUT2D eigenvalue weighted by Gasteiger charge is -2.20. The summed E-state index contributed by atoms with van der Waals surface area (Å²) in [7, 11) is 1.59. The highest BCUT2D eigenvalue weighted by Crippen LogP contribution is 2.20. The summed E-state index contributed by atoms with van der Waals surface area (Å²) in [5.41, 5.74) is 1.59. The molecule has 2 rings (SSSR count). The molecule has 1 aliphatic heterocycles. The number of ether oxygens (including phenoxy) is 1. The molecule has 0 aromatic heterocycles. The average molecular weight is 262 g/mol. The lowest BCUT2D eigenvalue weighted by Crippen LogP contribution is -2.34. The Morgan fingerprint density at radius 2 is 2.16 bits per heavy atom. The predicted molar refractivity (Wildman–Crippen MR) is 71.3 cm³/mol. The normalized spacial score (nSPS) is 15.7. The zero-order chi connectivity index (χ0) is 13.8. The average Bonchev–Trinajstić information content (AvgIpc) is 2.63. The fourth-order valence-corrected chi connectivity index (χ4v) is 2.11. The molecule has 102 valence electrons. The monoisotopic (exact) mass is 262 g/mol. The minimum absolute atomic E-state index is 0.00298. The maximum absolute atomic E-state index is 12.4. The van der Waals surface area contributed by atoms with Crippen LogP contribution in [0, 0.1) is 6.92 Å². The standard InChI is InChI=1S/C14H18N2O3/c1-10-3-4-11(9-12(10)19-2)14(18)16-7-5-13(17)15-6-8-16/h3-4,9H,5-8H2,1-2H3,(H,15,17). The molecule has 0 atom stereocenters. The first kappa shape index (κ1) is 13.4. The minimum atomic E-state index is -0.0604. The number of amides is 2. The SMILES string of the molecule is COc1cc(C(=O)N2CCNC(=O)CC2)ccc1C. The molecule has 0 bridgehead atoms. The molecule has 19 heavy (non-hydrogen) atoms. The fourth-order valence-electron chi connectivity index (χ4n) is 2.11. The van der Waals surface area contributed by atoms with Gasteiger partial charge in [-0.05, 0) is 24.6 Å². The molecular formula is C14H18N2O3.